The second kappa shape index (κ2) is 7.24. The highest BCUT2D eigenvalue weighted by molar-refractivity contribution is 5.92. The van der Waals surface area contributed by atoms with Gasteiger partial charge >= 0.3 is 0 Å². The molecule has 5 heteroatoms. The van der Waals surface area contributed by atoms with Gasteiger partial charge in [0.15, 0.2) is 0 Å². The summed E-state index contributed by atoms with van der Waals surface area (Å²) in [7, 11) is 2.11. The summed E-state index contributed by atoms with van der Waals surface area (Å²) >= 11 is 0. The topological polar surface area (TPSA) is 57.3 Å². The van der Waals surface area contributed by atoms with Crippen molar-refractivity contribution in [3.63, 3.8) is 0 Å². The number of nitrogens with zero attached hydrogens (tertiary/aromatic N) is 2. The Bertz CT molecular complexity index is 449. The minimum absolute atomic E-state index is 0.0922. The molecule has 1 fully saturated rings. The van der Waals surface area contributed by atoms with Crippen LogP contribution in [0, 0.1) is 0 Å². The molecule has 2 N–H and O–H groups in total. The summed E-state index contributed by atoms with van der Waals surface area (Å²) in [4.78, 5) is 18.8. The Labute approximate surface area is 120 Å². The first-order valence-corrected chi connectivity index (χ1v) is 7.40. The molecule has 0 saturated carbocycles. The number of hydrogen-bond donors (Lipinski definition) is 2. The molecule has 5 nitrogen and oxygen atoms in total. The van der Waals surface area contributed by atoms with Gasteiger partial charge in [0.25, 0.3) is 5.91 Å². The maximum Gasteiger partial charge on any atom is 0.270 e. The molecule has 1 saturated heterocycles. The van der Waals surface area contributed by atoms with E-state index in [1.165, 1.54) is 6.42 Å². The first-order chi connectivity index (χ1) is 9.70. The Hall–Kier alpha value is -1.62. The number of aromatic nitrogens is 1. The molecule has 2 heterocycles. The monoisotopic (exact) mass is 276 g/mol. The minimum Gasteiger partial charge on any atom is -0.370 e. The minimum atomic E-state index is -0.0922. The van der Waals surface area contributed by atoms with Crippen LogP contribution in [0.1, 0.15) is 36.7 Å². The Morgan fingerprint density at radius 1 is 1.50 bits per heavy atom. The lowest BCUT2D eigenvalue weighted by atomic mass is 10.2. The first-order valence-electron chi connectivity index (χ1n) is 7.40. The number of likely N-dealkylation sites (N-methyl/N-ethyl adjacent to an activating group) is 1. The molecule has 0 spiro atoms. The predicted octanol–water partition coefficient (Wildman–Crippen LogP) is 1.73. The van der Waals surface area contributed by atoms with Crippen LogP contribution < -0.4 is 10.6 Å². The summed E-state index contributed by atoms with van der Waals surface area (Å²) in [5.41, 5.74) is 0.478. The van der Waals surface area contributed by atoms with Gasteiger partial charge < -0.3 is 15.5 Å². The smallest absolute Gasteiger partial charge is 0.270 e. The summed E-state index contributed by atoms with van der Waals surface area (Å²) < 4.78 is 0. The lowest BCUT2D eigenvalue weighted by molar-refractivity contribution is 0.0939. The van der Waals surface area contributed by atoms with Crippen molar-refractivity contribution >= 4 is 11.7 Å². The van der Waals surface area contributed by atoms with Crippen LogP contribution in [0.3, 0.4) is 0 Å². The molecular weight excluding hydrogens is 252 g/mol. The zero-order valence-electron chi connectivity index (χ0n) is 12.4. The standard InChI is InChI=1S/C15H24N4O/c1-3-9-16-14-8-4-7-13(18-14)15(20)17-11-12-6-5-10-19(12)2/h4,7-8,12H,3,5-6,9-11H2,1-2H3,(H,16,18)(H,17,20). The third-order valence-corrected chi connectivity index (χ3v) is 3.71. The van der Waals surface area contributed by atoms with E-state index in [-0.39, 0.29) is 5.91 Å². The van der Waals surface area contributed by atoms with Crippen LogP contribution in [0.25, 0.3) is 0 Å². The Morgan fingerprint density at radius 2 is 2.35 bits per heavy atom. The summed E-state index contributed by atoms with van der Waals surface area (Å²) in [5.74, 6) is 0.669. The molecule has 1 amide bonds. The number of carbonyl (C=O) groups excluding carboxylic acids is 1. The highest BCUT2D eigenvalue weighted by Gasteiger charge is 2.21. The van der Waals surface area contributed by atoms with Crippen molar-refractivity contribution in [2.24, 2.45) is 0 Å². The van der Waals surface area contributed by atoms with Crippen LogP contribution in [0.2, 0.25) is 0 Å². The molecule has 0 aliphatic carbocycles. The van der Waals surface area contributed by atoms with E-state index in [0.717, 1.165) is 31.7 Å². The van der Waals surface area contributed by atoms with Crippen LogP contribution >= 0.6 is 0 Å². The lowest BCUT2D eigenvalue weighted by Crippen LogP contribution is -2.38. The normalized spacial score (nSPS) is 19.0. The molecular formula is C15H24N4O. The Morgan fingerprint density at radius 3 is 3.05 bits per heavy atom. The number of nitrogens with one attached hydrogen (secondary N) is 2. The fraction of sp³-hybridized carbons (Fsp3) is 0.600. The fourth-order valence-corrected chi connectivity index (χ4v) is 2.45. The van der Waals surface area contributed by atoms with E-state index in [1.807, 2.05) is 12.1 Å². The van der Waals surface area contributed by atoms with E-state index >= 15 is 0 Å². The molecule has 20 heavy (non-hydrogen) atoms. The quantitative estimate of drug-likeness (QED) is 0.831. The molecule has 1 unspecified atom stereocenters. The van der Waals surface area contributed by atoms with Gasteiger partial charge in [-0.1, -0.05) is 13.0 Å². The lowest BCUT2D eigenvalue weighted by Gasteiger charge is -2.19. The van der Waals surface area contributed by atoms with Crippen molar-refractivity contribution < 1.29 is 4.79 Å². The molecule has 110 valence electrons. The molecule has 1 atom stereocenters. The van der Waals surface area contributed by atoms with Gasteiger partial charge in [-0.25, -0.2) is 4.98 Å². The predicted molar refractivity (Wildman–Crippen MR) is 81.0 cm³/mol. The average Bonchev–Trinajstić information content (AvgIpc) is 2.88. The maximum absolute atomic E-state index is 12.1. The zero-order chi connectivity index (χ0) is 14.4. The number of pyridine rings is 1. The third kappa shape index (κ3) is 3.93. The second-order valence-electron chi connectivity index (χ2n) is 5.32. The van der Waals surface area contributed by atoms with E-state index in [9.17, 15) is 4.79 Å². The van der Waals surface area contributed by atoms with Crippen molar-refractivity contribution in [1.82, 2.24) is 15.2 Å². The summed E-state index contributed by atoms with van der Waals surface area (Å²) in [5, 5.41) is 6.18. The van der Waals surface area contributed by atoms with Gasteiger partial charge in [-0.05, 0) is 45.0 Å². The Kier molecular flexibility index (Phi) is 5.35. The van der Waals surface area contributed by atoms with Crippen molar-refractivity contribution in [3.05, 3.63) is 23.9 Å². The second-order valence-corrected chi connectivity index (χ2v) is 5.32. The van der Waals surface area contributed by atoms with Crippen LogP contribution in [0.4, 0.5) is 5.82 Å². The number of hydrogen-bond acceptors (Lipinski definition) is 4. The maximum atomic E-state index is 12.1. The van der Waals surface area contributed by atoms with Gasteiger partial charge in [-0.2, -0.15) is 0 Å². The van der Waals surface area contributed by atoms with Crippen LogP contribution in [-0.2, 0) is 0 Å². The molecule has 1 aromatic heterocycles. The van der Waals surface area contributed by atoms with Gasteiger partial charge in [-0.3, -0.25) is 4.79 Å². The molecule has 1 aliphatic heterocycles. The average molecular weight is 276 g/mol. The van der Waals surface area contributed by atoms with E-state index in [4.69, 9.17) is 0 Å². The van der Waals surface area contributed by atoms with Crippen LogP contribution in [0.15, 0.2) is 18.2 Å². The summed E-state index contributed by atoms with van der Waals surface area (Å²) in [6.07, 6.45) is 3.40. The number of rotatable bonds is 6. The van der Waals surface area contributed by atoms with Gasteiger partial charge in [0, 0.05) is 19.1 Å². The largest absolute Gasteiger partial charge is 0.370 e. The van der Waals surface area contributed by atoms with Crippen LogP contribution in [0.5, 0.6) is 0 Å². The summed E-state index contributed by atoms with van der Waals surface area (Å²) in [6, 6.07) is 5.96. The van der Waals surface area contributed by atoms with Gasteiger partial charge in [-0.15, -0.1) is 0 Å². The van der Waals surface area contributed by atoms with E-state index < -0.39 is 0 Å². The van der Waals surface area contributed by atoms with Crippen molar-refractivity contribution in [2.75, 3.05) is 32.0 Å². The zero-order valence-corrected chi connectivity index (χ0v) is 12.4. The molecule has 0 radical (unpaired) electrons. The molecule has 2 rings (SSSR count). The molecule has 1 aliphatic rings. The highest BCUT2D eigenvalue weighted by atomic mass is 16.1. The summed E-state index contributed by atoms with van der Waals surface area (Å²) in [6.45, 7) is 4.78. The number of anilines is 1. The van der Waals surface area contributed by atoms with E-state index in [2.05, 4.69) is 34.5 Å². The van der Waals surface area contributed by atoms with Gasteiger partial charge in [0.05, 0.1) is 0 Å². The number of carbonyl (C=O) groups is 1. The van der Waals surface area contributed by atoms with E-state index in [0.29, 0.717) is 18.3 Å². The fourth-order valence-electron chi connectivity index (χ4n) is 2.45. The van der Waals surface area contributed by atoms with Crippen molar-refractivity contribution in [2.45, 2.75) is 32.2 Å². The van der Waals surface area contributed by atoms with Crippen molar-refractivity contribution in [3.8, 4) is 0 Å². The molecule has 0 bridgehead atoms. The number of amides is 1. The van der Waals surface area contributed by atoms with E-state index in [1.54, 1.807) is 6.07 Å². The third-order valence-electron chi connectivity index (χ3n) is 3.71. The van der Waals surface area contributed by atoms with Crippen molar-refractivity contribution in [1.29, 1.82) is 0 Å². The van der Waals surface area contributed by atoms with Crippen LogP contribution in [-0.4, -0.2) is 48.5 Å². The Balaban J connectivity index is 1.88. The molecule has 1 aromatic rings. The highest BCUT2D eigenvalue weighted by Crippen LogP contribution is 2.13. The molecule has 0 aromatic carbocycles. The van der Waals surface area contributed by atoms with Gasteiger partial charge in [0.2, 0.25) is 0 Å². The number of likely N-dealkylation sites (tertiary alicyclic amines) is 1. The SMILES string of the molecule is CCCNc1cccc(C(=O)NCC2CCCN2C)n1. The van der Waals surface area contributed by atoms with Gasteiger partial charge in [0.1, 0.15) is 11.5 Å². The first kappa shape index (κ1) is 14.8.